The molecule has 0 radical (unpaired) electrons. The summed E-state index contributed by atoms with van der Waals surface area (Å²) in [5, 5.41) is 0.821. The van der Waals surface area contributed by atoms with Gasteiger partial charge in [-0.3, -0.25) is 4.90 Å². The molecule has 23 heavy (non-hydrogen) atoms. The van der Waals surface area contributed by atoms with Crippen LogP contribution in [0.15, 0.2) is 30.6 Å². The number of piperazine rings is 1. The molecule has 0 aliphatic carbocycles. The summed E-state index contributed by atoms with van der Waals surface area (Å²) in [6.07, 6.45) is 2.97. The summed E-state index contributed by atoms with van der Waals surface area (Å²) in [6.45, 7) is 7.26. The van der Waals surface area contributed by atoms with Crippen LogP contribution in [0, 0.1) is 13.8 Å². The van der Waals surface area contributed by atoms with Gasteiger partial charge in [0, 0.05) is 48.0 Å². The second-order valence-corrected chi connectivity index (χ2v) is 7.09. The Bertz CT molecular complexity index is 721. The maximum absolute atomic E-state index is 6.10. The van der Waals surface area contributed by atoms with E-state index in [9.17, 15) is 0 Å². The van der Waals surface area contributed by atoms with E-state index >= 15 is 0 Å². The molecule has 4 nitrogen and oxygen atoms in total. The highest BCUT2D eigenvalue weighted by Gasteiger charge is 2.44. The van der Waals surface area contributed by atoms with Gasteiger partial charge in [-0.25, -0.2) is 9.97 Å². The van der Waals surface area contributed by atoms with Gasteiger partial charge in [0.05, 0.1) is 0 Å². The van der Waals surface area contributed by atoms with E-state index in [0.29, 0.717) is 12.1 Å². The first-order valence-corrected chi connectivity index (χ1v) is 8.53. The molecule has 1 aromatic carbocycles. The lowest BCUT2D eigenvalue weighted by atomic mass is 9.86. The monoisotopic (exact) mass is 328 g/mol. The molecule has 2 unspecified atom stereocenters. The zero-order valence-electron chi connectivity index (χ0n) is 13.5. The average molecular weight is 329 g/mol. The lowest BCUT2D eigenvalue weighted by molar-refractivity contribution is -0.00873. The second-order valence-electron chi connectivity index (χ2n) is 6.66. The van der Waals surface area contributed by atoms with Crippen LogP contribution in [-0.4, -0.2) is 40.0 Å². The van der Waals surface area contributed by atoms with E-state index in [4.69, 9.17) is 11.6 Å². The Hall–Kier alpha value is -1.65. The van der Waals surface area contributed by atoms with Gasteiger partial charge in [-0.15, -0.1) is 0 Å². The Morgan fingerprint density at radius 2 is 1.96 bits per heavy atom. The highest BCUT2D eigenvalue weighted by atomic mass is 35.5. The Morgan fingerprint density at radius 1 is 1.17 bits per heavy atom. The van der Waals surface area contributed by atoms with Crippen LogP contribution in [-0.2, 0) is 6.54 Å². The smallest absolute Gasteiger partial charge is 0.135 e. The van der Waals surface area contributed by atoms with Gasteiger partial charge in [-0.1, -0.05) is 23.7 Å². The van der Waals surface area contributed by atoms with Gasteiger partial charge in [-0.2, -0.15) is 0 Å². The summed E-state index contributed by atoms with van der Waals surface area (Å²) in [5.74, 6) is 1.11. The highest BCUT2D eigenvalue weighted by molar-refractivity contribution is 6.30. The van der Waals surface area contributed by atoms with Crippen LogP contribution in [0.5, 0.6) is 0 Å². The van der Waals surface area contributed by atoms with Crippen LogP contribution in [0.25, 0.3) is 0 Å². The molecular formula is C18H21ClN4. The second kappa shape index (κ2) is 5.77. The molecule has 0 saturated carbocycles. The SMILES string of the molecule is Cc1ncnc(N2CC3CC(C2)N3Cc2cccc(Cl)c2)c1C. The molecule has 5 rings (SSSR count). The van der Waals surface area contributed by atoms with Gasteiger partial charge in [0.15, 0.2) is 0 Å². The van der Waals surface area contributed by atoms with Crippen LogP contribution < -0.4 is 4.90 Å². The van der Waals surface area contributed by atoms with Crippen molar-refractivity contribution >= 4 is 17.4 Å². The molecule has 0 amide bonds. The van der Waals surface area contributed by atoms with E-state index in [2.05, 4.69) is 45.7 Å². The quantitative estimate of drug-likeness (QED) is 0.866. The third-order valence-electron chi connectivity index (χ3n) is 5.21. The zero-order valence-corrected chi connectivity index (χ0v) is 14.3. The van der Waals surface area contributed by atoms with Gasteiger partial charge in [0.2, 0.25) is 0 Å². The predicted octanol–water partition coefficient (Wildman–Crippen LogP) is 3.21. The number of nitrogens with zero attached hydrogens (tertiary/aromatic N) is 4. The normalized spacial score (nSPS) is 23.7. The van der Waals surface area contributed by atoms with Crippen LogP contribution in [0.1, 0.15) is 23.2 Å². The number of fused-ring (bicyclic) bond motifs is 2. The molecule has 4 heterocycles. The van der Waals surface area contributed by atoms with Crippen molar-refractivity contribution < 1.29 is 0 Å². The zero-order chi connectivity index (χ0) is 16.0. The molecule has 3 aliphatic heterocycles. The van der Waals surface area contributed by atoms with Gasteiger partial charge in [0.25, 0.3) is 0 Å². The fourth-order valence-electron chi connectivity index (χ4n) is 3.81. The van der Waals surface area contributed by atoms with Crippen LogP contribution in [0.2, 0.25) is 5.02 Å². The average Bonchev–Trinajstić information content (AvgIpc) is 2.55. The van der Waals surface area contributed by atoms with E-state index in [0.717, 1.165) is 36.2 Å². The van der Waals surface area contributed by atoms with E-state index in [1.165, 1.54) is 17.5 Å². The van der Waals surface area contributed by atoms with Crippen molar-refractivity contribution in [1.29, 1.82) is 0 Å². The van der Waals surface area contributed by atoms with Crippen molar-refractivity contribution in [2.45, 2.75) is 38.9 Å². The highest BCUT2D eigenvalue weighted by Crippen LogP contribution is 2.36. The number of anilines is 1. The fraction of sp³-hybridized carbons (Fsp3) is 0.444. The molecule has 2 aromatic rings. The van der Waals surface area contributed by atoms with Crippen LogP contribution >= 0.6 is 11.6 Å². The third-order valence-corrected chi connectivity index (χ3v) is 5.44. The summed E-state index contributed by atoms with van der Waals surface area (Å²) in [6, 6.07) is 9.43. The molecule has 2 atom stereocenters. The lowest BCUT2D eigenvalue weighted by Crippen LogP contribution is -2.68. The van der Waals surface area contributed by atoms with E-state index in [1.807, 2.05) is 12.1 Å². The molecule has 0 N–H and O–H groups in total. The van der Waals surface area contributed by atoms with Crippen molar-refractivity contribution in [2.75, 3.05) is 18.0 Å². The summed E-state index contributed by atoms with van der Waals surface area (Å²) in [5.41, 5.74) is 3.58. The lowest BCUT2D eigenvalue weighted by Gasteiger charge is -2.57. The third kappa shape index (κ3) is 2.70. The number of benzene rings is 1. The molecule has 3 saturated heterocycles. The van der Waals surface area contributed by atoms with Crippen molar-refractivity contribution in [2.24, 2.45) is 0 Å². The van der Waals surface area contributed by atoms with E-state index < -0.39 is 0 Å². The largest absolute Gasteiger partial charge is 0.353 e. The topological polar surface area (TPSA) is 32.3 Å². The van der Waals surface area contributed by atoms with Crippen molar-refractivity contribution in [3.8, 4) is 0 Å². The standard InChI is InChI=1S/C18H21ClN4/c1-12-13(2)20-11-21-18(12)22-9-16-7-17(10-22)23(16)8-14-4-3-5-15(19)6-14/h3-6,11,16-17H,7-10H2,1-2H3. The number of aryl methyl sites for hydroxylation is 1. The minimum atomic E-state index is 0.613. The molecule has 2 bridgehead atoms. The van der Waals surface area contributed by atoms with Gasteiger partial charge in [-0.05, 0) is 38.0 Å². The number of aromatic nitrogens is 2. The summed E-state index contributed by atoms with van der Waals surface area (Å²) in [7, 11) is 0. The minimum Gasteiger partial charge on any atom is -0.353 e. The first kappa shape index (κ1) is 14.9. The fourth-order valence-corrected chi connectivity index (χ4v) is 4.02. The number of rotatable bonds is 3. The number of halogens is 1. The molecule has 0 spiro atoms. The molecule has 3 fully saturated rings. The Morgan fingerprint density at radius 3 is 2.70 bits per heavy atom. The van der Waals surface area contributed by atoms with Crippen LogP contribution in [0.3, 0.4) is 0 Å². The van der Waals surface area contributed by atoms with Gasteiger partial charge < -0.3 is 4.90 Å². The Labute approximate surface area is 142 Å². The molecule has 120 valence electrons. The Kier molecular flexibility index (Phi) is 3.74. The van der Waals surface area contributed by atoms with Gasteiger partial charge in [0.1, 0.15) is 12.1 Å². The summed E-state index contributed by atoms with van der Waals surface area (Å²) in [4.78, 5) is 13.8. The van der Waals surface area contributed by atoms with Crippen molar-refractivity contribution in [3.05, 3.63) is 52.4 Å². The van der Waals surface area contributed by atoms with E-state index in [-0.39, 0.29) is 0 Å². The maximum Gasteiger partial charge on any atom is 0.135 e. The first-order chi connectivity index (χ1) is 11.1. The number of hydrogen-bond donors (Lipinski definition) is 0. The van der Waals surface area contributed by atoms with Crippen LogP contribution in [0.4, 0.5) is 5.82 Å². The molecule has 1 aromatic heterocycles. The maximum atomic E-state index is 6.10. The van der Waals surface area contributed by atoms with Crippen molar-refractivity contribution in [3.63, 3.8) is 0 Å². The minimum absolute atomic E-state index is 0.613. The van der Waals surface area contributed by atoms with Gasteiger partial charge >= 0.3 is 0 Å². The van der Waals surface area contributed by atoms with E-state index in [1.54, 1.807) is 6.33 Å². The molecule has 3 aliphatic rings. The molecule has 5 heteroatoms. The molecular weight excluding hydrogens is 308 g/mol. The first-order valence-electron chi connectivity index (χ1n) is 8.15. The number of piperidine rings is 1. The number of hydrogen-bond acceptors (Lipinski definition) is 4. The summed E-state index contributed by atoms with van der Waals surface area (Å²) < 4.78 is 0. The predicted molar refractivity (Wildman–Crippen MR) is 92.9 cm³/mol. The summed E-state index contributed by atoms with van der Waals surface area (Å²) >= 11 is 6.10. The Balaban J connectivity index is 1.47. The van der Waals surface area contributed by atoms with Crippen molar-refractivity contribution in [1.82, 2.24) is 14.9 Å².